The summed E-state index contributed by atoms with van der Waals surface area (Å²) in [5.41, 5.74) is 2.26. The standard InChI is InChI=1S/C19H21N3O/c1-15(2)22(13-16-12-20-14-21-16)17-8-10-19(11-9-17)23-18-6-4-3-5-7-18/h3-12,14-15H,13H2,1-2H3,(H,20,21). The molecule has 0 unspecified atom stereocenters. The summed E-state index contributed by atoms with van der Waals surface area (Å²) in [6, 6.07) is 18.4. The highest BCUT2D eigenvalue weighted by Crippen LogP contribution is 2.26. The molecule has 0 saturated carbocycles. The number of anilines is 1. The fraction of sp³-hybridized carbons (Fsp3) is 0.211. The van der Waals surface area contributed by atoms with Crippen molar-refractivity contribution in [1.82, 2.24) is 9.97 Å². The molecule has 118 valence electrons. The number of ether oxygens (including phenoxy) is 1. The number of para-hydroxylation sites is 1. The lowest BCUT2D eigenvalue weighted by molar-refractivity contribution is 0.482. The molecule has 0 aliphatic carbocycles. The third kappa shape index (κ3) is 3.92. The van der Waals surface area contributed by atoms with E-state index in [0.717, 1.165) is 29.4 Å². The van der Waals surface area contributed by atoms with Gasteiger partial charge in [-0.1, -0.05) is 18.2 Å². The van der Waals surface area contributed by atoms with E-state index in [1.807, 2.05) is 48.7 Å². The topological polar surface area (TPSA) is 41.2 Å². The van der Waals surface area contributed by atoms with Crippen molar-refractivity contribution in [3.63, 3.8) is 0 Å². The number of imidazole rings is 1. The van der Waals surface area contributed by atoms with Crippen LogP contribution < -0.4 is 9.64 Å². The summed E-state index contributed by atoms with van der Waals surface area (Å²) in [5.74, 6) is 1.68. The Bertz CT molecular complexity index is 706. The highest BCUT2D eigenvalue weighted by molar-refractivity contribution is 5.50. The largest absolute Gasteiger partial charge is 0.457 e. The molecule has 1 heterocycles. The van der Waals surface area contributed by atoms with Gasteiger partial charge in [0.05, 0.1) is 18.6 Å². The van der Waals surface area contributed by atoms with Crippen LogP contribution in [0.2, 0.25) is 0 Å². The first-order valence-electron chi connectivity index (χ1n) is 7.79. The average molecular weight is 307 g/mol. The molecule has 4 heteroatoms. The SMILES string of the molecule is CC(C)N(Cc1cnc[nH]1)c1ccc(Oc2ccccc2)cc1. The van der Waals surface area contributed by atoms with E-state index in [1.54, 1.807) is 6.33 Å². The Morgan fingerprint density at radius 2 is 1.70 bits per heavy atom. The van der Waals surface area contributed by atoms with E-state index < -0.39 is 0 Å². The molecule has 4 nitrogen and oxygen atoms in total. The minimum absolute atomic E-state index is 0.388. The van der Waals surface area contributed by atoms with Crippen LogP contribution in [0.4, 0.5) is 5.69 Å². The van der Waals surface area contributed by atoms with Crippen LogP contribution in [0.5, 0.6) is 11.5 Å². The Balaban J connectivity index is 1.74. The Morgan fingerprint density at radius 1 is 1.00 bits per heavy atom. The number of benzene rings is 2. The smallest absolute Gasteiger partial charge is 0.127 e. The van der Waals surface area contributed by atoms with E-state index in [2.05, 4.69) is 40.8 Å². The van der Waals surface area contributed by atoms with E-state index in [4.69, 9.17) is 4.74 Å². The zero-order valence-corrected chi connectivity index (χ0v) is 13.4. The van der Waals surface area contributed by atoms with Crippen molar-refractivity contribution in [3.8, 4) is 11.5 Å². The maximum absolute atomic E-state index is 5.84. The van der Waals surface area contributed by atoms with E-state index in [-0.39, 0.29) is 0 Å². The molecule has 23 heavy (non-hydrogen) atoms. The predicted octanol–water partition coefficient (Wildman–Crippen LogP) is 4.62. The van der Waals surface area contributed by atoms with Crippen molar-refractivity contribution in [1.29, 1.82) is 0 Å². The lowest BCUT2D eigenvalue weighted by atomic mass is 10.2. The molecule has 3 aromatic rings. The molecule has 1 N–H and O–H groups in total. The van der Waals surface area contributed by atoms with Crippen molar-refractivity contribution >= 4 is 5.69 Å². The minimum Gasteiger partial charge on any atom is -0.457 e. The monoisotopic (exact) mass is 307 g/mol. The summed E-state index contributed by atoms with van der Waals surface area (Å²) >= 11 is 0. The Kier molecular flexibility index (Phi) is 4.62. The Hall–Kier alpha value is -2.75. The number of hydrogen-bond acceptors (Lipinski definition) is 3. The number of nitrogens with one attached hydrogen (secondary N) is 1. The quantitative estimate of drug-likeness (QED) is 0.722. The molecule has 0 atom stereocenters. The molecular weight excluding hydrogens is 286 g/mol. The summed E-state index contributed by atoms with van der Waals surface area (Å²) < 4.78 is 5.84. The number of aromatic amines is 1. The summed E-state index contributed by atoms with van der Waals surface area (Å²) in [6.45, 7) is 5.17. The molecule has 0 aliphatic heterocycles. The lowest BCUT2D eigenvalue weighted by Gasteiger charge is -2.28. The summed E-state index contributed by atoms with van der Waals surface area (Å²) in [4.78, 5) is 9.57. The van der Waals surface area contributed by atoms with Crippen LogP contribution in [0.25, 0.3) is 0 Å². The Morgan fingerprint density at radius 3 is 2.30 bits per heavy atom. The Labute approximate surface area is 136 Å². The summed E-state index contributed by atoms with van der Waals surface area (Å²) in [5, 5.41) is 0. The summed E-state index contributed by atoms with van der Waals surface area (Å²) in [6.07, 6.45) is 3.58. The van der Waals surface area contributed by atoms with Gasteiger partial charge in [0, 0.05) is 17.9 Å². The van der Waals surface area contributed by atoms with Gasteiger partial charge in [-0.05, 0) is 50.2 Å². The maximum atomic E-state index is 5.84. The molecular formula is C19H21N3O. The number of H-pyrrole nitrogens is 1. The van der Waals surface area contributed by atoms with Crippen LogP contribution in [-0.4, -0.2) is 16.0 Å². The van der Waals surface area contributed by atoms with Crippen LogP contribution in [0.3, 0.4) is 0 Å². The maximum Gasteiger partial charge on any atom is 0.127 e. The number of aromatic nitrogens is 2. The molecule has 0 spiro atoms. The van der Waals surface area contributed by atoms with E-state index >= 15 is 0 Å². The van der Waals surface area contributed by atoms with Crippen LogP contribution in [0.1, 0.15) is 19.5 Å². The van der Waals surface area contributed by atoms with Gasteiger partial charge in [0.15, 0.2) is 0 Å². The molecule has 2 aromatic carbocycles. The zero-order chi connectivity index (χ0) is 16.1. The van der Waals surface area contributed by atoms with Crippen molar-refractivity contribution < 1.29 is 4.74 Å². The number of nitrogens with zero attached hydrogens (tertiary/aromatic N) is 2. The van der Waals surface area contributed by atoms with Gasteiger partial charge in [-0.2, -0.15) is 0 Å². The fourth-order valence-electron chi connectivity index (χ4n) is 2.46. The first-order chi connectivity index (χ1) is 11.2. The lowest BCUT2D eigenvalue weighted by Crippen LogP contribution is -2.30. The van der Waals surface area contributed by atoms with Crippen LogP contribution >= 0.6 is 0 Å². The minimum atomic E-state index is 0.388. The third-order valence-electron chi connectivity index (χ3n) is 3.67. The molecule has 0 aliphatic rings. The molecule has 0 saturated heterocycles. The predicted molar refractivity (Wildman–Crippen MR) is 92.9 cm³/mol. The van der Waals surface area contributed by atoms with Gasteiger partial charge < -0.3 is 14.6 Å². The molecule has 0 radical (unpaired) electrons. The second-order valence-electron chi connectivity index (χ2n) is 5.71. The van der Waals surface area contributed by atoms with Gasteiger partial charge in [-0.15, -0.1) is 0 Å². The second kappa shape index (κ2) is 7.01. The van der Waals surface area contributed by atoms with Crippen LogP contribution in [0, 0.1) is 0 Å². The fourth-order valence-corrected chi connectivity index (χ4v) is 2.46. The van der Waals surface area contributed by atoms with Crippen LogP contribution in [0.15, 0.2) is 67.1 Å². The van der Waals surface area contributed by atoms with Crippen molar-refractivity contribution in [2.24, 2.45) is 0 Å². The average Bonchev–Trinajstić information content (AvgIpc) is 3.07. The summed E-state index contributed by atoms with van der Waals surface area (Å²) in [7, 11) is 0. The van der Waals surface area contributed by atoms with Gasteiger partial charge in [0.2, 0.25) is 0 Å². The van der Waals surface area contributed by atoms with Crippen molar-refractivity contribution in [2.75, 3.05) is 4.90 Å². The van der Waals surface area contributed by atoms with Gasteiger partial charge in [-0.3, -0.25) is 0 Å². The molecule has 0 amide bonds. The van der Waals surface area contributed by atoms with Gasteiger partial charge in [0.1, 0.15) is 11.5 Å². The molecule has 1 aromatic heterocycles. The first kappa shape index (κ1) is 15.2. The van der Waals surface area contributed by atoms with E-state index in [1.165, 1.54) is 0 Å². The van der Waals surface area contributed by atoms with Gasteiger partial charge in [0.25, 0.3) is 0 Å². The molecule has 3 rings (SSSR count). The van der Waals surface area contributed by atoms with E-state index in [0.29, 0.717) is 6.04 Å². The number of hydrogen-bond donors (Lipinski definition) is 1. The van der Waals surface area contributed by atoms with Gasteiger partial charge >= 0.3 is 0 Å². The normalized spacial score (nSPS) is 10.7. The first-order valence-corrected chi connectivity index (χ1v) is 7.79. The van der Waals surface area contributed by atoms with Crippen molar-refractivity contribution in [3.05, 3.63) is 72.8 Å². The zero-order valence-electron chi connectivity index (χ0n) is 13.4. The molecule has 0 fully saturated rings. The second-order valence-corrected chi connectivity index (χ2v) is 5.71. The van der Waals surface area contributed by atoms with Crippen molar-refractivity contribution in [2.45, 2.75) is 26.4 Å². The number of rotatable bonds is 6. The van der Waals surface area contributed by atoms with Gasteiger partial charge in [-0.25, -0.2) is 4.98 Å². The third-order valence-corrected chi connectivity index (χ3v) is 3.67. The highest BCUT2D eigenvalue weighted by Gasteiger charge is 2.12. The molecule has 0 bridgehead atoms. The highest BCUT2D eigenvalue weighted by atomic mass is 16.5. The van der Waals surface area contributed by atoms with Crippen LogP contribution in [-0.2, 0) is 6.54 Å². The van der Waals surface area contributed by atoms with E-state index in [9.17, 15) is 0 Å².